The number of rotatable bonds is 2. The third-order valence-electron chi connectivity index (χ3n) is 2.75. The van der Waals surface area contributed by atoms with Crippen molar-refractivity contribution in [1.29, 1.82) is 0 Å². The highest BCUT2D eigenvalue weighted by atomic mass is 35.5. The SMILES string of the molecule is CN(C)C1(c2cccs2)CS(=O)(=O)C1.Cl. The molecule has 0 unspecified atom stereocenters. The van der Waals surface area contributed by atoms with Crippen LogP contribution in [-0.4, -0.2) is 38.9 Å². The van der Waals surface area contributed by atoms with Crippen LogP contribution in [0.25, 0.3) is 0 Å². The van der Waals surface area contributed by atoms with Gasteiger partial charge in [-0.05, 0) is 25.5 Å². The summed E-state index contributed by atoms with van der Waals surface area (Å²) in [6, 6.07) is 3.98. The molecule has 1 fully saturated rings. The number of nitrogens with zero attached hydrogens (tertiary/aromatic N) is 1. The topological polar surface area (TPSA) is 37.4 Å². The van der Waals surface area contributed by atoms with Gasteiger partial charge < -0.3 is 0 Å². The van der Waals surface area contributed by atoms with Crippen LogP contribution < -0.4 is 0 Å². The first-order chi connectivity index (χ1) is 6.46. The third-order valence-corrected chi connectivity index (χ3v) is 5.65. The Hall–Kier alpha value is -0.100. The quantitative estimate of drug-likeness (QED) is 0.812. The maximum Gasteiger partial charge on any atom is 0.154 e. The predicted molar refractivity (Wildman–Crippen MR) is 65.6 cm³/mol. The fourth-order valence-corrected chi connectivity index (χ4v) is 5.24. The Morgan fingerprint density at radius 1 is 1.40 bits per heavy atom. The van der Waals surface area contributed by atoms with E-state index < -0.39 is 9.84 Å². The molecule has 0 radical (unpaired) electrons. The van der Waals surface area contributed by atoms with Gasteiger partial charge in [-0.2, -0.15) is 0 Å². The van der Waals surface area contributed by atoms with Crippen molar-refractivity contribution >= 4 is 33.6 Å². The van der Waals surface area contributed by atoms with E-state index in [1.165, 1.54) is 0 Å². The molecule has 0 bridgehead atoms. The summed E-state index contributed by atoms with van der Waals surface area (Å²) < 4.78 is 22.6. The Morgan fingerprint density at radius 3 is 2.33 bits per heavy atom. The Kier molecular flexibility index (Phi) is 3.50. The number of halogens is 1. The highest BCUT2D eigenvalue weighted by molar-refractivity contribution is 7.93. The van der Waals surface area contributed by atoms with Crippen molar-refractivity contribution in [3.05, 3.63) is 22.4 Å². The normalized spacial score (nSPS) is 21.8. The summed E-state index contributed by atoms with van der Waals surface area (Å²) in [5.74, 6) is 0.515. The molecular weight excluding hydrogens is 254 g/mol. The van der Waals surface area contributed by atoms with E-state index in [9.17, 15) is 8.42 Å². The van der Waals surface area contributed by atoms with Gasteiger partial charge in [0.25, 0.3) is 0 Å². The molecule has 86 valence electrons. The lowest BCUT2D eigenvalue weighted by Gasteiger charge is -2.45. The van der Waals surface area contributed by atoms with Crippen molar-refractivity contribution in [1.82, 2.24) is 4.90 Å². The van der Waals surface area contributed by atoms with E-state index in [-0.39, 0.29) is 29.5 Å². The molecule has 0 aliphatic carbocycles. The molecule has 1 aromatic rings. The zero-order valence-electron chi connectivity index (χ0n) is 8.63. The first kappa shape index (κ1) is 13.0. The molecule has 0 atom stereocenters. The van der Waals surface area contributed by atoms with Crippen LogP contribution in [0, 0.1) is 0 Å². The van der Waals surface area contributed by atoms with Gasteiger partial charge in [0.05, 0.1) is 17.0 Å². The summed E-state index contributed by atoms with van der Waals surface area (Å²) in [6.45, 7) is 0. The van der Waals surface area contributed by atoms with Crippen LogP contribution in [0.2, 0.25) is 0 Å². The second-order valence-corrected chi connectivity index (χ2v) is 6.95. The van der Waals surface area contributed by atoms with Gasteiger partial charge in [0.1, 0.15) is 0 Å². The van der Waals surface area contributed by atoms with E-state index in [1.54, 1.807) is 11.3 Å². The number of hydrogen-bond acceptors (Lipinski definition) is 4. The Labute approximate surface area is 100 Å². The molecule has 0 N–H and O–H groups in total. The Balaban J connectivity index is 0.00000112. The first-order valence-electron chi connectivity index (χ1n) is 4.38. The van der Waals surface area contributed by atoms with Gasteiger partial charge in [0.2, 0.25) is 0 Å². The van der Waals surface area contributed by atoms with Crippen LogP contribution in [-0.2, 0) is 15.4 Å². The molecule has 1 aromatic heterocycles. The monoisotopic (exact) mass is 267 g/mol. The maximum absolute atomic E-state index is 11.3. The summed E-state index contributed by atoms with van der Waals surface area (Å²) in [7, 11) is 1.08. The zero-order chi connectivity index (χ0) is 10.4. The van der Waals surface area contributed by atoms with E-state index in [1.807, 2.05) is 36.5 Å². The molecular formula is C9H14ClNO2S2. The summed E-state index contributed by atoms with van der Waals surface area (Å²) in [5, 5.41) is 1.99. The minimum atomic E-state index is -2.80. The molecule has 2 heterocycles. The van der Waals surface area contributed by atoms with Gasteiger partial charge in [-0.25, -0.2) is 8.42 Å². The molecule has 2 rings (SSSR count). The smallest absolute Gasteiger partial charge is 0.154 e. The van der Waals surface area contributed by atoms with Gasteiger partial charge >= 0.3 is 0 Å². The third kappa shape index (κ3) is 2.06. The molecule has 1 saturated heterocycles. The average Bonchev–Trinajstić information content (AvgIpc) is 2.50. The molecule has 6 heteroatoms. The lowest BCUT2D eigenvalue weighted by Crippen LogP contribution is -2.60. The number of sulfone groups is 1. The van der Waals surface area contributed by atoms with Crippen LogP contribution in [0.5, 0.6) is 0 Å². The van der Waals surface area contributed by atoms with Gasteiger partial charge in [0.15, 0.2) is 9.84 Å². The minimum Gasteiger partial charge on any atom is -0.297 e. The van der Waals surface area contributed by atoms with Gasteiger partial charge in [-0.15, -0.1) is 23.7 Å². The Bertz CT molecular complexity index is 413. The highest BCUT2D eigenvalue weighted by Gasteiger charge is 2.52. The molecule has 0 spiro atoms. The molecule has 0 amide bonds. The fourth-order valence-electron chi connectivity index (χ4n) is 1.85. The van der Waals surface area contributed by atoms with Crippen LogP contribution in [0.1, 0.15) is 4.88 Å². The van der Waals surface area contributed by atoms with E-state index in [2.05, 4.69) is 0 Å². The van der Waals surface area contributed by atoms with Crippen LogP contribution >= 0.6 is 23.7 Å². The fraction of sp³-hybridized carbons (Fsp3) is 0.556. The summed E-state index contributed by atoms with van der Waals surface area (Å²) >= 11 is 1.63. The largest absolute Gasteiger partial charge is 0.297 e. The second-order valence-electron chi connectivity index (χ2n) is 3.94. The van der Waals surface area contributed by atoms with E-state index in [0.717, 1.165) is 4.88 Å². The second kappa shape index (κ2) is 4.05. The molecule has 1 aliphatic heterocycles. The zero-order valence-corrected chi connectivity index (χ0v) is 11.1. The average molecular weight is 268 g/mol. The van der Waals surface area contributed by atoms with Crippen LogP contribution in [0.4, 0.5) is 0 Å². The molecule has 15 heavy (non-hydrogen) atoms. The van der Waals surface area contributed by atoms with E-state index >= 15 is 0 Å². The van der Waals surface area contributed by atoms with Gasteiger partial charge in [0, 0.05) is 4.88 Å². The van der Waals surface area contributed by atoms with E-state index in [4.69, 9.17) is 0 Å². The molecule has 1 aliphatic rings. The Morgan fingerprint density at radius 2 is 2.00 bits per heavy atom. The van der Waals surface area contributed by atoms with Crippen molar-refractivity contribution in [3.8, 4) is 0 Å². The van der Waals surface area contributed by atoms with Crippen molar-refractivity contribution < 1.29 is 8.42 Å². The lowest BCUT2D eigenvalue weighted by atomic mass is 10.0. The first-order valence-corrected chi connectivity index (χ1v) is 7.08. The maximum atomic E-state index is 11.3. The number of thiophene rings is 1. The highest BCUT2D eigenvalue weighted by Crippen LogP contribution is 2.40. The van der Waals surface area contributed by atoms with Crippen molar-refractivity contribution in [2.24, 2.45) is 0 Å². The van der Waals surface area contributed by atoms with Crippen LogP contribution in [0.15, 0.2) is 17.5 Å². The van der Waals surface area contributed by atoms with Crippen LogP contribution in [0.3, 0.4) is 0 Å². The van der Waals surface area contributed by atoms with Gasteiger partial charge in [-0.3, -0.25) is 4.90 Å². The molecule has 0 aromatic carbocycles. The molecule has 0 saturated carbocycles. The summed E-state index contributed by atoms with van der Waals surface area (Å²) in [6.07, 6.45) is 0. The predicted octanol–water partition coefficient (Wildman–Crippen LogP) is 1.36. The molecule has 3 nitrogen and oxygen atoms in total. The van der Waals surface area contributed by atoms with Crippen molar-refractivity contribution in [3.63, 3.8) is 0 Å². The lowest BCUT2D eigenvalue weighted by molar-refractivity contribution is 0.188. The minimum absolute atomic E-state index is 0. The summed E-state index contributed by atoms with van der Waals surface area (Å²) in [5.41, 5.74) is -0.257. The number of hydrogen-bond donors (Lipinski definition) is 0. The summed E-state index contributed by atoms with van der Waals surface area (Å²) in [4.78, 5) is 3.16. The van der Waals surface area contributed by atoms with E-state index in [0.29, 0.717) is 0 Å². The van der Waals surface area contributed by atoms with Gasteiger partial charge in [-0.1, -0.05) is 6.07 Å². The standard InChI is InChI=1S/C9H13NO2S2.ClH/c1-10(2)9(6-14(11,12)7-9)8-4-3-5-13-8;/h3-5H,6-7H2,1-2H3;1H. The van der Waals surface area contributed by atoms with Crippen molar-refractivity contribution in [2.45, 2.75) is 5.54 Å². The van der Waals surface area contributed by atoms with Crippen molar-refractivity contribution in [2.75, 3.05) is 25.6 Å².